The van der Waals surface area contributed by atoms with Gasteiger partial charge < -0.3 is 11.1 Å². The molecule has 0 atom stereocenters. The Balaban J connectivity index is 1.98. The number of rotatable bonds is 5. The molecule has 2 amide bonds. The van der Waals surface area contributed by atoms with Gasteiger partial charge in [-0.15, -0.1) is 11.3 Å². The number of benzene rings is 1. The van der Waals surface area contributed by atoms with Crippen molar-refractivity contribution in [3.05, 3.63) is 63.4 Å². The second-order valence-electron chi connectivity index (χ2n) is 6.94. The molecule has 0 saturated carbocycles. The molecule has 7 nitrogen and oxygen atoms in total. The zero-order valence-electron chi connectivity index (χ0n) is 16.8. The molecule has 3 N–H and O–H groups in total. The molecule has 0 bridgehead atoms. The number of carbonyl (C=O) groups is 2. The van der Waals surface area contributed by atoms with E-state index in [1.54, 1.807) is 44.3 Å². The summed E-state index contributed by atoms with van der Waals surface area (Å²) < 4.78 is 28.4. The van der Waals surface area contributed by atoms with Gasteiger partial charge in [0.05, 0.1) is 16.4 Å². The summed E-state index contributed by atoms with van der Waals surface area (Å²) in [6.45, 7) is 1.65. The van der Waals surface area contributed by atoms with Crippen LogP contribution in [0.25, 0.3) is 21.3 Å². The molecule has 4 aromatic rings. The van der Waals surface area contributed by atoms with Crippen LogP contribution in [0.1, 0.15) is 38.0 Å². The zero-order valence-corrected chi connectivity index (χ0v) is 18.4. The third-order valence-corrected chi connectivity index (χ3v) is 6.37. The van der Waals surface area contributed by atoms with Crippen molar-refractivity contribution in [2.45, 2.75) is 13.3 Å². The van der Waals surface area contributed by atoms with Crippen molar-refractivity contribution in [2.24, 2.45) is 12.8 Å². The highest BCUT2D eigenvalue weighted by Gasteiger charge is 2.27. The topological polar surface area (TPSA) is 103 Å². The van der Waals surface area contributed by atoms with Crippen molar-refractivity contribution in [1.29, 1.82) is 0 Å². The summed E-state index contributed by atoms with van der Waals surface area (Å²) in [7, 11) is 1.56. The Morgan fingerprint density at radius 2 is 1.94 bits per heavy atom. The van der Waals surface area contributed by atoms with Gasteiger partial charge in [0.1, 0.15) is 21.1 Å². The number of anilines is 1. The first-order chi connectivity index (χ1) is 15.2. The minimum atomic E-state index is -2.82. The average molecular weight is 476 g/mol. The predicted octanol–water partition coefficient (Wildman–Crippen LogP) is 4.95. The fraction of sp³-hybridized carbons (Fsp3) is 0.143. The number of hydrogen-bond acceptors (Lipinski definition) is 5. The number of alkyl halides is 2. The van der Waals surface area contributed by atoms with Crippen LogP contribution >= 0.6 is 22.9 Å². The highest BCUT2D eigenvalue weighted by atomic mass is 35.5. The number of halogens is 3. The molecule has 164 valence electrons. The molecule has 3 aromatic heterocycles. The number of carbonyl (C=O) groups excluding carboxylic acids is 2. The van der Waals surface area contributed by atoms with Gasteiger partial charge in [-0.05, 0) is 24.1 Å². The molecule has 0 aliphatic rings. The lowest BCUT2D eigenvalue weighted by Gasteiger charge is -2.11. The first-order valence-corrected chi connectivity index (χ1v) is 10.5. The summed E-state index contributed by atoms with van der Waals surface area (Å²) in [5, 5.41) is 7.29. The molecule has 1 aromatic carbocycles. The Morgan fingerprint density at radius 1 is 1.25 bits per heavy atom. The molecule has 0 aliphatic heterocycles. The normalized spacial score (nSPS) is 11.3. The van der Waals surface area contributed by atoms with E-state index in [0.717, 1.165) is 11.3 Å². The van der Waals surface area contributed by atoms with Crippen LogP contribution in [0.3, 0.4) is 0 Å². The summed E-state index contributed by atoms with van der Waals surface area (Å²) >= 11 is 7.06. The standard InChI is InChI=1S/C21H16ClF2N5O2S/c1-9-14(22)16(29(2)28-9)20(31)27-15-13-11(10-6-4-3-5-7-10)8-12(18(23)24)26-21(13)32-17(15)19(25)30/h3-8,18H,1-2H3,(H2,25,30)(H,27,31). The Bertz CT molecular complexity index is 1370. The fourth-order valence-electron chi connectivity index (χ4n) is 3.42. The molecule has 0 saturated heterocycles. The third kappa shape index (κ3) is 3.71. The van der Waals surface area contributed by atoms with Gasteiger partial charge in [0.25, 0.3) is 18.2 Å². The van der Waals surface area contributed by atoms with E-state index in [2.05, 4.69) is 15.4 Å². The van der Waals surface area contributed by atoms with Crippen LogP contribution in [0.5, 0.6) is 0 Å². The Morgan fingerprint density at radius 3 is 2.50 bits per heavy atom. The molecule has 0 fully saturated rings. The van der Waals surface area contributed by atoms with E-state index >= 15 is 0 Å². The largest absolute Gasteiger partial charge is 0.365 e. The number of pyridine rings is 1. The van der Waals surface area contributed by atoms with Gasteiger partial charge in [-0.1, -0.05) is 41.9 Å². The van der Waals surface area contributed by atoms with E-state index in [0.29, 0.717) is 22.2 Å². The molecule has 0 radical (unpaired) electrons. The molecule has 32 heavy (non-hydrogen) atoms. The summed E-state index contributed by atoms with van der Waals surface area (Å²) in [6.07, 6.45) is -2.82. The maximum atomic E-state index is 13.5. The number of aryl methyl sites for hydroxylation is 2. The van der Waals surface area contributed by atoms with Crippen molar-refractivity contribution in [1.82, 2.24) is 14.8 Å². The lowest BCUT2D eigenvalue weighted by atomic mass is 10.0. The van der Waals surface area contributed by atoms with Crippen LogP contribution in [0.15, 0.2) is 36.4 Å². The van der Waals surface area contributed by atoms with Gasteiger partial charge in [-0.2, -0.15) is 5.10 Å². The number of amides is 2. The molecule has 3 heterocycles. The van der Waals surface area contributed by atoms with Crippen molar-refractivity contribution in [3.63, 3.8) is 0 Å². The molecule has 4 rings (SSSR count). The first-order valence-electron chi connectivity index (χ1n) is 9.30. The SMILES string of the molecule is Cc1nn(C)c(C(=O)Nc2c(C(N)=O)sc3nc(C(F)F)cc(-c4ccccc4)c23)c1Cl. The predicted molar refractivity (Wildman–Crippen MR) is 119 cm³/mol. The Labute approximate surface area is 189 Å². The summed E-state index contributed by atoms with van der Waals surface area (Å²) in [5.74, 6) is -1.45. The average Bonchev–Trinajstić information content (AvgIpc) is 3.24. The summed E-state index contributed by atoms with van der Waals surface area (Å²) in [5.41, 5.74) is 6.72. The van der Waals surface area contributed by atoms with E-state index in [1.807, 2.05) is 0 Å². The maximum absolute atomic E-state index is 13.5. The van der Waals surface area contributed by atoms with Crippen molar-refractivity contribution >= 4 is 50.7 Å². The molecular weight excluding hydrogens is 460 g/mol. The van der Waals surface area contributed by atoms with E-state index in [1.165, 1.54) is 10.7 Å². The minimum Gasteiger partial charge on any atom is -0.365 e. The second-order valence-corrected chi connectivity index (χ2v) is 8.31. The number of fused-ring (bicyclic) bond motifs is 1. The van der Waals surface area contributed by atoms with Crippen LogP contribution < -0.4 is 11.1 Å². The van der Waals surface area contributed by atoms with Gasteiger partial charge in [0.15, 0.2) is 0 Å². The van der Waals surface area contributed by atoms with Crippen molar-refractivity contribution in [3.8, 4) is 11.1 Å². The van der Waals surface area contributed by atoms with Gasteiger partial charge in [-0.3, -0.25) is 14.3 Å². The van der Waals surface area contributed by atoms with E-state index in [9.17, 15) is 18.4 Å². The molecule has 0 aliphatic carbocycles. The van der Waals surface area contributed by atoms with Gasteiger partial charge in [0.2, 0.25) is 0 Å². The van der Waals surface area contributed by atoms with Crippen molar-refractivity contribution < 1.29 is 18.4 Å². The van der Waals surface area contributed by atoms with E-state index in [4.69, 9.17) is 17.3 Å². The van der Waals surface area contributed by atoms with Crippen molar-refractivity contribution in [2.75, 3.05) is 5.32 Å². The van der Waals surface area contributed by atoms with Crippen LogP contribution in [-0.2, 0) is 7.05 Å². The summed E-state index contributed by atoms with van der Waals surface area (Å²) in [4.78, 5) is 29.4. The highest BCUT2D eigenvalue weighted by Crippen LogP contribution is 2.42. The van der Waals surface area contributed by atoms with E-state index < -0.39 is 23.9 Å². The fourth-order valence-corrected chi connectivity index (χ4v) is 4.68. The lowest BCUT2D eigenvalue weighted by Crippen LogP contribution is -2.19. The highest BCUT2D eigenvalue weighted by molar-refractivity contribution is 7.21. The number of primary amides is 1. The van der Waals surface area contributed by atoms with E-state index in [-0.39, 0.29) is 26.1 Å². The smallest absolute Gasteiger partial charge is 0.280 e. The van der Waals surface area contributed by atoms with Crippen LogP contribution in [-0.4, -0.2) is 26.6 Å². The third-order valence-electron chi connectivity index (χ3n) is 4.82. The number of nitrogens with zero attached hydrogens (tertiary/aromatic N) is 3. The summed E-state index contributed by atoms with van der Waals surface area (Å²) in [6, 6.07) is 10.0. The number of nitrogens with two attached hydrogens (primary N) is 1. The number of nitrogens with one attached hydrogen (secondary N) is 1. The monoisotopic (exact) mass is 475 g/mol. The first kappa shape index (κ1) is 21.8. The van der Waals surface area contributed by atoms with Gasteiger partial charge in [-0.25, -0.2) is 13.8 Å². The number of aromatic nitrogens is 3. The maximum Gasteiger partial charge on any atom is 0.280 e. The lowest BCUT2D eigenvalue weighted by molar-refractivity contribution is 0.100. The number of hydrogen-bond donors (Lipinski definition) is 2. The van der Waals surface area contributed by atoms with Crippen LogP contribution in [0.2, 0.25) is 5.02 Å². The van der Waals surface area contributed by atoms with Crippen LogP contribution in [0.4, 0.5) is 14.5 Å². The minimum absolute atomic E-state index is 0.0144. The Hall–Kier alpha value is -3.37. The quantitative estimate of drug-likeness (QED) is 0.426. The van der Waals surface area contributed by atoms with Gasteiger partial charge >= 0.3 is 0 Å². The molecule has 11 heteroatoms. The van der Waals surface area contributed by atoms with Crippen LogP contribution in [0, 0.1) is 6.92 Å². The number of thiophene rings is 1. The second kappa shape index (κ2) is 8.29. The molecule has 0 spiro atoms. The molecular formula is C21H16ClF2N5O2S. The molecule has 0 unspecified atom stereocenters. The van der Waals surface area contributed by atoms with Gasteiger partial charge in [0, 0.05) is 12.4 Å². The zero-order chi connectivity index (χ0) is 23.2. The Kier molecular flexibility index (Phi) is 5.66.